The van der Waals surface area contributed by atoms with E-state index in [9.17, 15) is 9.59 Å². The number of ether oxygens (including phenoxy) is 5. The van der Waals surface area contributed by atoms with Crippen molar-refractivity contribution in [2.45, 2.75) is 76.2 Å². The Hall–Kier alpha value is -9.18. The van der Waals surface area contributed by atoms with E-state index < -0.39 is 11.9 Å². The molecule has 464 valence electrons. The molecule has 0 bridgehead atoms. The largest absolute Gasteiger partial charge is 0.491 e. The van der Waals surface area contributed by atoms with Crippen molar-refractivity contribution < 1.29 is 33.3 Å². The monoisotopic (exact) mass is 1210 g/mol. The molecule has 0 aliphatic carbocycles. The van der Waals surface area contributed by atoms with Crippen molar-refractivity contribution >= 4 is 11.9 Å². The molecule has 0 N–H and O–H groups in total. The number of aryl methyl sites for hydroxylation is 9. The Labute approximate surface area is 539 Å². The smallest absolute Gasteiger partial charge is 0.320 e. The average molecular weight is 1210 g/mol. The second-order valence-electron chi connectivity index (χ2n) is 24.0. The van der Waals surface area contributed by atoms with E-state index in [2.05, 4.69) is 244 Å². The molecule has 0 spiro atoms. The number of esters is 2. The van der Waals surface area contributed by atoms with E-state index in [1.54, 1.807) is 18.7 Å². The molecule has 10 aromatic carbocycles. The van der Waals surface area contributed by atoms with Gasteiger partial charge in [-0.2, -0.15) is 0 Å². The second kappa shape index (κ2) is 30.1. The predicted octanol–water partition coefficient (Wildman–Crippen LogP) is 19.3. The molecule has 0 amide bonds. The Balaban J connectivity index is 0.714. The molecule has 0 fully saturated rings. The van der Waals surface area contributed by atoms with Gasteiger partial charge in [0.05, 0.1) is 52.7 Å². The molecular weight excluding hydrogens is 1120 g/mol. The summed E-state index contributed by atoms with van der Waals surface area (Å²) in [5.74, 6) is -0.0144. The van der Waals surface area contributed by atoms with Gasteiger partial charge in [-0.15, -0.1) is 0 Å². The molecule has 8 nitrogen and oxygen atoms in total. The third kappa shape index (κ3) is 15.9. The average Bonchev–Trinajstić information content (AvgIpc) is 0.982. The zero-order valence-electron chi connectivity index (χ0n) is 54.9. The summed E-state index contributed by atoms with van der Waals surface area (Å²) in [6.07, 6.45) is 0. The van der Waals surface area contributed by atoms with Crippen molar-refractivity contribution in [1.82, 2.24) is 4.90 Å². The van der Waals surface area contributed by atoms with Gasteiger partial charge in [-0.05, 0) is 239 Å². The fourth-order valence-corrected chi connectivity index (χ4v) is 12.5. The van der Waals surface area contributed by atoms with Crippen LogP contribution in [-0.4, -0.2) is 82.7 Å². The van der Waals surface area contributed by atoms with Crippen LogP contribution in [-0.2, 0) is 28.5 Å². The number of nitrogens with zero attached hydrogens (tertiary/aromatic N) is 1. The van der Waals surface area contributed by atoms with E-state index in [1.807, 2.05) is 12.1 Å². The van der Waals surface area contributed by atoms with Crippen molar-refractivity contribution in [3.8, 4) is 106 Å². The van der Waals surface area contributed by atoms with Crippen LogP contribution in [0.1, 0.15) is 63.9 Å². The summed E-state index contributed by atoms with van der Waals surface area (Å²) < 4.78 is 27.4. The van der Waals surface area contributed by atoms with Crippen LogP contribution in [0.2, 0.25) is 0 Å². The van der Waals surface area contributed by atoms with E-state index >= 15 is 0 Å². The quantitative estimate of drug-likeness (QED) is 0.0413. The van der Waals surface area contributed by atoms with Gasteiger partial charge in [0, 0.05) is 6.54 Å². The van der Waals surface area contributed by atoms with Gasteiger partial charge >= 0.3 is 11.9 Å². The fraction of sp³-hybridized carbons (Fsp3) is 0.253. The number of benzene rings is 10. The van der Waals surface area contributed by atoms with Crippen LogP contribution in [0.15, 0.2) is 194 Å². The molecule has 0 heterocycles. The Morgan fingerprint density at radius 2 is 0.571 bits per heavy atom. The Morgan fingerprint density at radius 1 is 0.297 bits per heavy atom. The summed E-state index contributed by atoms with van der Waals surface area (Å²) in [6.45, 7) is 26.3. The molecule has 0 aliphatic heterocycles. The highest BCUT2D eigenvalue weighted by molar-refractivity contribution is 5.84. The maximum Gasteiger partial charge on any atom is 0.320 e. The zero-order chi connectivity index (χ0) is 64.1. The summed E-state index contributed by atoms with van der Waals surface area (Å²) in [5, 5.41) is 0. The van der Waals surface area contributed by atoms with Crippen LogP contribution in [0.25, 0.3) is 100 Å². The topological polar surface area (TPSA) is 83.5 Å². The number of rotatable bonds is 25. The first-order valence-electron chi connectivity index (χ1n) is 31.9. The van der Waals surface area contributed by atoms with Crippen molar-refractivity contribution in [3.63, 3.8) is 0 Å². The van der Waals surface area contributed by atoms with Crippen LogP contribution in [0.5, 0.6) is 5.75 Å². The Kier molecular flexibility index (Phi) is 21.4. The second-order valence-corrected chi connectivity index (χ2v) is 24.0. The van der Waals surface area contributed by atoms with Gasteiger partial charge in [0.1, 0.15) is 12.4 Å². The first-order valence-corrected chi connectivity index (χ1v) is 31.9. The highest BCUT2D eigenvalue weighted by Crippen LogP contribution is 2.40. The van der Waals surface area contributed by atoms with Crippen LogP contribution in [0, 0.1) is 62.3 Å². The molecule has 8 heteroatoms. The third-order valence-corrected chi connectivity index (χ3v) is 17.4. The maximum absolute atomic E-state index is 12.0. The van der Waals surface area contributed by atoms with E-state index in [1.165, 1.54) is 145 Å². The van der Waals surface area contributed by atoms with Gasteiger partial charge in [-0.25, -0.2) is 0 Å². The molecule has 0 aromatic heterocycles. The number of carbonyl (C=O) groups excluding carboxylic acids is 2. The number of carbonyl (C=O) groups is 2. The van der Waals surface area contributed by atoms with Gasteiger partial charge in [0.25, 0.3) is 0 Å². The maximum atomic E-state index is 12.0. The van der Waals surface area contributed by atoms with Crippen molar-refractivity contribution in [2.75, 3.05) is 65.9 Å². The van der Waals surface area contributed by atoms with Crippen LogP contribution >= 0.6 is 0 Å². The molecule has 10 aromatic rings. The van der Waals surface area contributed by atoms with E-state index in [0.717, 1.165) is 11.3 Å². The first kappa shape index (κ1) is 64.8. The zero-order valence-corrected chi connectivity index (χ0v) is 54.9. The van der Waals surface area contributed by atoms with Crippen LogP contribution in [0.3, 0.4) is 0 Å². The minimum absolute atomic E-state index is 0.00908. The van der Waals surface area contributed by atoms with Crippen molar-refractivity contribution in [1.29, 1.82) is 0 Å². The lowest BCUT2D eigenvalue weighted by Gasteiger charge is -2.20. The lowest BCUT2D eigenvalue weighted by atomic mass is 9.88. The van der Waals surface area contributed by atoms with Gasteiger partial charge < -0.3 is 23.7 Å². The minimum atomic E-state index is -0.393. The van der Waals surface area contributed by atoms with Gasteiger partial charge in [-0.3, -0.25) is 14.5 Å². The molecule has 91 heavy (non-hydrogen) atoms. The Bertz CT molecular complexity index is 4210. The molecule has 0 saturated carbocycles. The van der Waals surface area contributed by atoms with Gasteiger partial charge in [-0.1, -0.05) is 182 Å². The molecule has 0 aliphatic rings. The highest BCUT2D eigenvalue weighted by Gasteiger charge is 2.18. The van der Waals surface area contributed by atoms with Crippen molar-refractivity contribution in [3.05, 3.63) is 244 Å². The Morgan fingerprint density at radius 3 is 0.879 bits per heavy atom. The summed E-state index contributed by atoms with van der Waals surface area (Å²) in [6, 6.07) is 71.7. The molecule has 10 rings (SSSR count). The van der Waals surface area contributed by atoms with Gasteiger partial charge in [0.2, 0.25) is 0 Å². The summed E-state index contributed by atoms with van der Waals surface area (Å²) in [5.41, 5.74) is 33.5. The lowest BCUT2D eigenvalue weighted by Crippen LogP contribution is -2.38. The fourth-order valence-electron chi connectivity index (χ4n) is 12.5. The van der Waals surface area contributed by atoms with E-state index in [4.69, 9.17) is 23.7 Å². The summed E-state index contributed by atoms with van der Waals surface area (Å²) in [4.78, 5) is 25.6. The minimum Gasteiger partial charge on any atom is -0.491 e. The summed E-state index contributed by atoms with van der Waals surface area (Å²) >= 11 is 0. The van der Waals surface area contributed by atoms with Crippen LogP contribution in [0.4, 0.5) is 0 Å². The predicted molar refractivity (Wildman–Crippen MR) is 375 cm³/mol. The summed E-state index contributed by atoms with van der Waals surface area (Å²) in [7, 11) is 0. The lowest BCUT2D eigenvalue weighted by molar-refractivity contribution is -0.148. The van der Waals surface area contributed by atoms with Crippen molar-refractivity contribution in [2.24, 2.45) is 0 Å². The molecular formula is C83H85NO7. The molecule has 0 saturated heterocycles. The highest BCUT2D eigenvalue weighted by atomic mass is 16.5. The molecule has 0 radical (unpaired) electrons. The number of hydrogen-bond donors (Lipinski definition) is 0. The number of hydrogen-bond acceptors (Lipinski definition) is 8. The first-order chi connectivity index (χ1) is 44.0. The molecule has 0 unspecified atom stereocenters. The SMILES string of the molecule is CCOC(=O)CN(CCOCCOCCOc1ccc(-c2ccc(-c3ccc(-c4ccc(-c5ccc(-c6ccc(-c7ccc(-c8ccc(-c9ccc(-c%10ccccc%10C)c(C)c9)cc8C)c(C)c7)cc6C)c(C)c5)cc4C)c(C)c3)cc2C)cc1)CC(=O)OCC. The van der Waals surface area contributed by atoms with Crippen LogP contribution < -0.4 is 4.74 Å². The normalized spacial score (nSPS) is 11.3. The molecule has 0 atom stereocenters. The van der Waals surface area contributed by atoms with Gasteiger partial charge in [0.15, 0.2) is 0 Å². The standard InChI is InChI=1S/C83H85NO7/c1-12-89-82(85)52-84(53-83(86)90-13-2)38-39-87-40-41-88-42-43-91-72-28-18-63(19-29-72)73-30-20-64(44-55(73)4)65-22-32-76(57(6)46-65)77-34-24-68(48-59(77)8)69-26-36-80(61(10)50-69)81-37-27-71(51-62(81)11)70-25-35-79(60(9)49-70)78-33-23-67(47-58(78)7)66-21-31-75(56(5)45-66)74-17-15-14-16-54(74)3/h14-37,44-51H,12-13,38-43,52-53H2,1-11H3. The van der Waals surface area contributed by atoms with E-state index in [-0.39, 0.29) is 26.3 Å². The third-order valence-electron chi connectivity index (χ3n) is 17.4. The van der Waals surface area contributed by atoms with E-state index in [0.29, 0.717) is 39.6 Å².